The average Bonchev–Trinajstić information content (AvgIpc) is 2.35. The van der Waals surface area contributed by atoms with Crippen molar-refractivity contribution in [1.29, 1.82) is 0 Å². The van der Waals surface area contributed by atoms with Crippen molar-refractivity contribution in [3.05, 3.63) is 0 Å². The first kappa shape index (κ1) is 16.3. The van der Waals surface area contributed by atoms with E-state index >= 15 is 0 Å². The van der Waals surface area contributed by atoms with Crippen LogP contribution in [0.15, 0.2) is 9.98 Å². The fraction of sp³-hybridized carbons (Fsp3) is 0.867. The number of hydrogen-bond donors (Lipinski definition) is 0. The van der Waals surface area contributed by atoms with E-state index < -0.39 is 0 Å². The fourth-order valence-corrected chi connectivity index (χ4v) is 1.59. The molecule has 17 heavy (non-hydrogen) atoms. The molecule has 0 N–H and O–H groups in total. The molecule has 0 aromatic carbocycles. The first-order chi connectivity index (χ1) is 8.41. The molecule has 0 aliphatic rings. The molecule has 0 spiro atoms. The van der Waals surface area contributed by atoms with E-state index in [4.69, 9.17) is 0 Å². The minimum absolute atomic E-state index is 0.943. The quantitative estimate of drug-likeness (QED) is 0.348. The molecule has 0 aromatic rings. The predicted molar refractivity (Wildman–Crippen MR) is 79.6 cm³/mol. The van der Waals surface area contributed by atoms with Crippen molar-refractivity contribution >= 4 is 12.4 Å². The van der Waals surface area contributed by atoms with Crippen LogP contribution in [-0.4, -0.2) is 25.5 Å². The van der Waals surface area contributed by atoms with Crippen molar-refractivity contribution in [3.63, 3.8) is 0 Å². The van der Waals surface area contributed by atoms with Crippen LogP contribution in [0.5, 0.6) is 0 Å². The first-order valence-electron chi connectivity index (χ1n) is 7.38. The number of nitrogens with zero attached hydrogens (tertiary/aromatic N) is 2. The molecule has 0 amide bonds. The van der Waals surface area contributed by atoms with Crippen LogP contribution in [0.1, 0.15) is 71.6 Å². The third-order valence-corrected chi connectivity index (χ3v) is 2.71. The van der Waals surface area contributed by atoms with Crippen molar-refractivity contribution in [2.75, 3.05) is 13.1 Å². The summed E-state index contributed by atoms with van der Waals surface area (Å²) in [6, 6.07) is 0. The van der Waals surface area contributed by atoms with Gasteiger partial charge in [0.15, 0.2) is 0 Å². The molecule has 0 saturated carbocycles. The molecule has 0 radical (unpaired) electrons. The summed E-state index contributed by atoms with van der Waals surface area (Å²) in [5.41, 5.74) is 0. The van der Waals surface area contributed by atoms with Crippen LogP contribution in [0.4, 0.5) is 0 Å². The summed E-state index contributed by atoms with van der Waals surface area (Å²) in [5.74, 6) is 0. The molecule has 0 aliphatic heterocycles. The van der Waals surface area contributed by atoms with Gasteiger partial charge in [0.05, 0.1) is 0 Å². The van der Waals surface area contributed by atoms with E-state index in [2.05, 4.69) is 36.3 Å². The van der Waals surface area contributed by atoms with E-state index in [-0.39, 0.29) is 0 Å². The Morgan fingerprint density at radius 3 is 1.53 bits per heavy atom. The Labute approximate surface area is 108 Å². The number of hydrogen-bond acceptors (Lipinski definition) is 2. The van der Waals surface area contributed by atoms with Gasteiger partial charge in [-0.25, -0.2) is 0 Å². The van der Waals surface area contributed by atoms with Crippen LogP contribution >= 0.6 is 0 Å². The second-order valence-electron chi connectivity index (χ2n) is 4.52. The summed E-state index contributed by atoms with van der Waals surface area (Å²) < 4.78 is 0. The van der Waals surface area contributed by atoms with Gasteiger partial charge in [0, 0.05) is 13.1 Å². The lowest BCUT2D eigenvalue weighted by Crippen LogP contribution is -1.88. The van der Waals surface area contributed by atoms with Gasteiger partial charge in [-0.05, 0) is 44.5 Å². The number of rotatable bonds is 12. The molecule has 0 saturated heterocycles. The van der Waals surface area contributed by atoms with E-state index in [1.54, 1.807) is 0 Å². The average molecular weight is 238 g/mol. The Bertz CT molecular complexity index is 165. The molecule has 0 atom stereocenters. The maximum Gasteiger partial charge on any atom is 0.0403 e. The standard InChI is InChI=1S/C15H30N2/c1-3-5-7-9-12-16-14-11-15-17-13-10-8-6-4-2/h12-13H,3-11,14-15H2,1-2H3. The second kappa shape index (κ2) is 15.3. The highest BCUT2D eigenvalue weighted by molar-refractivity contribution is 5.57. The molecular formula is C15H30N2. The van der Waals surface area contributed by atoms with E-state index in [0.717, 1.165) is 32.4 Å². The summed E-state index contributed by atoms with van der Waals surface area (Å²) in [7, 11) is 0. The Hall–Kier alpha value is -0.660. The highest BCUT2D eigenvalue weighted by atomic mass is 14.7. The van der Waals surface area contributed by atoms with Gasteiger partial charge in [-0.2, -0.15) is 0 Å². The van der Waals surface area contributed by atoms with E-state index in [1.165, 1.54) is 38.5 Å². The molecule has 2 heteroatoms. The zero-order valence-electron chi connectivity index (χ0n) is 11.8. The largest absolute Gasteiger partial charge is 0.297 e. The predicted octanol–water partition coefficient (Wildman–Crippen LogP) is 4.68. The van der Waals surface area contributed by atoms with Crippen LogP contribution in [0.25, 0.3) is 0 Å². The Kier molecular flexibility index (Phi) is 14.7. The molecule has 0 aromatic heterocycles. The van der Waals surface area contributed by atoms with Gasteiger partial charge in [0.2, 0.25) is 0 Å². The topological polar surface area (TPSA) is 24.7 Å². The van der Waals surface area contributed by atoms with Gasteiger partial charge in [-0.1, -0.05) is 39.5 Å². The van der Waals surface area contributed by atoms with E-state index in [9.17, 15) is 0 Å². The van der Waals surface area contributed by atoms with Gasteiger partial charge in [-0.15, -0.1) is 0 Å². The lowest BCUT2D eigenvalue weighted by atomic mass is 10.2. The molecular weight excluding hydrogens is 208 g/mol. The van der Waals surface area contributed by atoms with Crippen molar-refractivity contribution < 1.29 is 0 Å². The second-order valence-corrected chi connectivity index (χ2v) is 4.52. The lowest BCUT2D eigenvalue weighted by Gasteiger charge is -1.94. The van der Waals surface area contributed by atoms with Crippen molar-refractivity contribution in [1.82, 2.24) is 0 Å². The maximum atomic E-state index is 4.39. The number of unbranched alkanes of at least 4 members (excludes halogenated alkanes) is 6. The van der Waals surface area contributed by atoms with Crippen LogP contribution in [0.3, 0.4) is 0 Å². The minimum atomic E-state index is 0.943. The third kappa shape index (κ3) is 15.3. The van der Waals surface area contributed by atoms with Gasteiger partial charge < -0.3 is 0 Å². The molecule has 2 nitrogen and oxygen atoms in total. The highest BCUT2D eigenvalue weighted by Gasteiger charge is 1.85. The van der Waals surface area contributed by atoms with Crippen LogP contribution in [0.2, 0.25) is 0 Å². The summed E-state index contributed by atoms with van der Waals surface area (Å²) in [5, 5.41) is 0. The summed E-state index contributed by atoms with van der Waals surface area (Å²) in [4.78, 5) is 8.78. The smallest absolute Gasteiger partial charge is 0.0403 e. The summed E-state index contributed by atoms with van der Waals surface area (Å²) in [6.07, 6.45) is 15.4. The molecule has 100 valence electrons. The Morgan fingerprint density at radius 2 is 1.12 bits per heavy atom. The van der Waals surface area contributed by atoms with Crippen LogP contribution in [-0.2, 0) is 0 Å². The van der Waals surface area contributed by atoms with Crippen LogP contribution < -0.4 is 0 Å². The van der Waals surface area contributed by atoms with E-state index in [1.807, 2.05) is 0 Å². The lowest BCUT2D eigenvalue weighted by molar-refractivity contribution is 0.741. The molecule has 0 unspecified atom stereocenters. The van der Waals surface area contributed by atoms with Crippen LogP contribution in [0, 0.1) is 0 Å². The van der Waals surface area contributed by atoms with Crippen molar-refractivity contribution in [2.24, 2.45) is 9.98 Å². The molecule has 0 aliphatic carbocycles. The maximum absolute atomic E-state index is 4.39. The van der Waals surface area contributed by atoms with Gasteiger partial charge in [-0.3, -0.25) is 9.98 Å². The van der Waals surface area contributed by atoms with Gasteiger partial charge in [0.25, 0.3) is 0 Å². The van der Waals surface area contributed by atoms with Gasteiger partial charge in [0.1, 0.15) is 0 Å². The normalized spacial score (nSPS) is 11.9. The molecule has 0 fully saturated rings. The number of aliphatic imine (C=N–C) groups is 2. The zero-order chi connectivity index (χ0) is 12.6. The fourth-order valence-electron chi connectivity index (χ4n) is 1.59. The minimum Gasteiger partial charge on any atom is -0.297 e. The zero-order valence-corrected chi connectivity index (χ0v) is 11.8. The Morgan fingerprint density at radius 1 is 0.647 bits per heavy atom. The first-order valence-corrected chi connectivity index (χ1v) is 7.38. The van der Waals surface area contributed by atoms with Crippen molar-refractivity contribution in [3.8, 4) is 0 Å². The molecule has 0 heterocycles. The SMILES string of the molecule is CCCCCC=NCCCN=CCCCCC. The Balaban J connectivity index is 3.11. The monoisotopic (exact) mass is 238 g/mol. The van der Waals surface area contributed by atoms with Gasteiger partial charge >= 0.3 is 0 Å². The highest BCUT2D eigenvalue weighted by Crippen LogP contribution is 1.97. The third-order valence-electron chi connectivity index (χ3n) is 2.71. The van der Waals surface area contributed by atoms with E-state index in [0.29, 0.717) is 0 Å². The molecule has 0 rings (SSSR count). The molecule has 0 bridgehead atoms. The summed E-state index contributed by atoms with van der Waals surface area (Å²) in [6.45, 7) is 6.35. The summed E-state index contributed by atoms with van der Waals surface area (Å²) >= 11 is 0. The van der Waals surface area contributed by atoms with Crippen molar-refractivity contribution in [2.45, 2.75) is 71.6 Å².